The fourth-order valence-electron chi connectivity index (χ4n) is 2.55. The zero-order valence-electron chi connectivity index (χ0n) is 15.7. The van der Waals surface area contributed by atoms with Crippen molar-refractivity contribution in [1.29, 1.82) is 0 Å². The zero-order chi connectivity index (χ0) is 22.8. The molecule has 1 aromatic heterocycles. The minimum Gasteiger partial charge on any atom is -0.504 e. The molecule has 0 saturated heterocycles. The van der Waals surface area contributed by atoms with Crippen LogP contribution in [0, 0.1) is 0 Å². The number of ether oxygens (including phenoxy) is 1. The first kappa shape index (κ1) is 22.0. The van der Waals surface area contributed by atoms with E-state index >= 15 is 0 Å². The molecule has 8 nitrogen and oxygen atoms in total. The summed E-state index contributed by atoms with van der Waals surface area (Å²) in [6.45, 7) is 0. The Labute approximate surface area is 178 Å². The zero-order valence-corrected chi connectivity index (χ0v) is 16.4. The molecular weight excluding hydrogens is 441 g/mol. The highest BCUT2D eigenvalue weighted by molar-refractivity contribution is 6.30. The van der Waals surface area contributed by atoms with E-state index < -0.39 is 29.4 Å². The molecule has 0 aliphatic carbocycles. The molecule has 0 fully saturated rings. The van der Waals surface area contributed by atoms with Crippen LogP contribution in [-0.2, 0) is 4.79 Å². The number of carbonyl (C=O) groups excluding carboxylic acids is 2. The maximum absolute atomic E-state index is 12.6. The predicted molar refractivity (Wildman–Crippen MR) is 106 cm³/mol. The number of methoxy groups -OCH3 is 1. The van der Waals surface area contributed by atoms with Gasteiger partial charge in [0.25, 0.3) is 5.91 Å². The van der Waals surface area contributed by atoms with Gasteiger partial charge < -0.3 is 20.5 Å². The molecule has 3 rings (SSSR count). The van der Waals surface area contributed by atoms with E-state index in [0.717, 1.165) is 6.07 Å². The number of anilines is 2. The second-order valence-electron chi connectivity index (χ2n) is 6.12. The van der Waals surface area contributed by atoms with Crippen LogP contribution in [0.25, 0.3) is 11.3 Å². The Balaban J connectivity index is 1.88. The fourth-order valence-corrected chi connectivity index (χ4v) is 2.68. The minimum atomic E-state index is -5.14. The number of hydrogen-bond acceptors (Lipinski definition) is 5. The van der Waals surface area contributed by atoms with Crippen LogP contribution in [0.3, 0.4) is 0 Å². The topological polar surface area (TPSA) is 116 Å². The lowest BCUT2D eigenvalue weighted by molar-refractivity contribution is -0.167. The summed E-state index contributed by atoms with van der Waals surface area (Å²) in [5.74, 6) is -3.50. The number of carbonyl (C=O) groups is 2. The summed E-state index contributed by atoms with van der Waals surface area (Å²) in [4.78, 5) is 23.9. The molecule has 0 saturated carbocycles. The highest BCUT2D eigenvalue weighted by Gasteiger charge is 2.39. The summed E-state index contributed by atoms with van der Waals surface area (Å²) in [7, 11) is 1.28. The number of nitrogens with zero attached hydrogens (tertiary/aromatic N) is 1. The standard InChI is InChI=1S/C19H14ClF3N4O4/c1-31-11-6-7-12(13(8-11)25-18(30)19(21,22)23)24-17(29)15-16(28)14(26-27-15)9-2-4-10(20)5-3-9/h2-8,28H,1H3,(H,24,29)(H,25,30)(H,26,27). The predicted octanol–water partition coefficient (Wildman–Crippen LogP) is 4.20. The number of alkyl halides is 3. The Morgan fingerprint density at radius 1 is 1.10 bits per heavy atom. The average Bonchev–Trinajstić information content (AvgIpc) is 3.10. The number of benzene rings is 2. The summed E-state index contributed by atoms with van der Waals surface area (Å²) in [6, 6.07) is 10.0. The van der Waals surface area contributed by atoms with Gasteiger partial charge in [0.2, 0.25) is 0 Å². The van der Waals surface area contributed by atoms with Crippen molar-refractivity contribution in [3.63, 3.8) is 0 Å². The van der Waals surface area contributed by atoms with Crippen molar-refractivity contribution >= 4 is 34.8 Å². The van der Waals surface area contributed by atoms with Gasteiger partial charge in [-0.3, -0.25) is 14.7 Å². The van der Waals surface area contributed by atoms with Crippen LogP contribution in [0.5, 0.6) is 11.5 Å². The lowest BCUT2D eigenvalue weighted by Gasteiger charge is -2.14. The SMILES string of the molecule is COc1ccc(NC(=O)c2n[nH]c(-c3ccc(Cl)cc3)c2O)c(NC(=O)C(F)(F)F)c1. The lowest BCUT2D eigenvalue weighted by atomic mass is 10.1. The van der Waals surface area contributed by atoms with Crippen molar-refractivity contribution in [3.8, 4) is 22.8 Å². The van der Waals surface area contributed by atoms with Gasteiger partial charge in [0.05, 0.1) is 18.5 Å². The first-order chi connectivity index (χ1) is 14.6. The third kappa shape index (κ3) is 4.89. The number of halogens is 4. The smallest absolute Gasteiger partial charge is 0.471 e. The van der Waals surface area contributed by atoms with Gasteiger partial charge in [-0.05, 0) is 24.3 Å². The number of amides is 2. The highest BCUT2D eigenvalue weighted by atomic mass is 35.5. The van der Waals surface area contributed by atoms with E-state index in [1.165, 1.54) is 19.2 Å². The highest BCUT2D eigenvalue weighted by Crippen LogP contribution is 2.33. The Hall–Kier alpha value is -3.73. The van der Waals surface area contributed by atoms with Gasteiger partial charge in [-0.1, -0.05) is 23.7 Å². The van der Waals surface area contributed by atoms with Crippen LogP contribution in [0.1, 0.15) is 10.5 Å². The van der Waals surface area contributed by atoms with E-state index in [4.69, 9.17) is 16.3 Å². The molecule has 0 bridgehead atoms. The maximum atomic E-state index is 12.6. The number of aromatic hydroxyl groups is 1. The molecule has 0 aliphatic heterocycles. The van der Waals surface area contributed by atoms with Crippen molar-refractivity contribution in [2.45, 2.75) is 6.18 Å². The number of nitrogens with one attached hydrogen (secondary N) is 3. The van der Waals surface area contributed by atoms with Crippen molar-refractivity contribution < 1.29 is 32.6 Å². The summed E-state index contributed by atoms with van der Waals surface area (Å²) in [5.41, 5.74) is -0.297. The Kier molecular flexibility index (Phi) is 6.07. The van der Waals surface area contributed by atoms with Gasteiger partial charge in [-0.15, -0.1) is 0 Å². The van der Waals surface area contributed by atoms with Crippen molar-refractivity contribution in [2.24, 2.45) is 0 Å². The third-order valence-electron chi connectivity index (χ3n) is 4.07. The molecular formula is C19H14ClF3N4O4. The number of aromatic amines is 1. The second kappa shape index (κ2) is 8.56. The van der Waals surface area contributed by atoms with Crippen LogP contribution in [0.2, 0.25) is 5.02 Å². The van der Waals surface area contributed by atoms with Gasteiger partial charge in [0, 0.05) is 16.7 Å². The average molecular weight is 455 g/mol. The van der Waals surface area contributed by atoms with Gasteiger partial charge >= 0.3 is 12.1 Å². The molecule has 0 spiro atoms. The molecule has 1 heterocycles. The number of rotatable bonds is 5. The molecule has 3 aromatic rings. The van der Waals surface area contributed by atoms with Crippen LogP contribution >= 0.6 is 11.6 Å². The molecule has 0 unspecified atom stereocenters. The molecule has 0 aliphatic rings. The molecule has 31 heavy (non-hydrogen) atoms. The van der Waals surface area contributed by atoms with Gasteiger partial charge in [0.15, 0.2) is 11.4 Å². The number of hydrogen-bond donors (Lipinski definition) is 4. The summed E-state index contributed by atoms with van der Waals surface area (Å²) in [6.07, 6.45) is -5.14. The molecule has 12 heteroatoms. The van der Waals surface area contributed by atoms with Gasteiger partial charge in [-0.2, -0.15) is 18.3 Å². The van der Waals surface area contributed by atoms with Crippen LogP contribution in [-0.4, -0.2) is 40.4 Å². The van der Waals surface area contributed by atoms with Gasteiger partial charge in [0.1, 0.15) is 11.4 Å². The molecule has 162 valence electrons. The fraction of sp³-hybridized carbons (Fsp3) is 0.105. The summed E-state index contributed by atoms with van der Waals surface area (Å²) in [5, 5.41) is 21.1. The third-order valence-corrected chi connectivity index (χ3v) is 4.32. The monoisotopic (exact) mass is 454 g/mol. The molecule has 2 amide bonds. The largest absolute Gasteiger partial charge is 0.504 e. The maximum Gasteiger partial charge on any atom is 0.471 e. The quantitative estimate of drug-likeness (QED) is 0.461. The van der Waals surface area contributed by atoms with Crippen molar-refractivity contribution in [3.05, 3.63) is 53.2 Å². The van der Waals surface area contributed by atoms with Crippen LogP contribution in [0.15, 0.2) is 42.5 Å². The normalized spacial score (nSPS) is 11.1. The van der Waals surface area contributed by atoms with Crippen LogP contribution < -0.4 is 15.4 Å². The van der Waals surface area contributed by atoms with E-state index in [2.05, 4.69) is 15.5 Å². The number of H-pyrrole nitrogens is 1. The molecule has 0 radical (unpaired) electrons. The molecule has 4 N–H and O–H groups in total. The van der Waals surface area contributed by atoms with E-state index in [0.29, 0.717) is 10.6 Å². The molecule has 0 atom stereocenters. The Bertz CT molecular complexity index is 1130. The Morgan fingerprint density at radius 2 is 1.77 bits per heavy atom. The first-order valence-corrected chi connectivity index (χ1v) is 8.88. The van der Waals surface area contributed by atoms with E-state index in [1.807, 2.05) is 0 Å². The Morgan fingerprint density at radius 3 is 2.39 bits per heavy atom. The molecule has 2 aromatic carbocycles. The van der Waals surface area contributed by atoms with E-state index in [1.54, 1.807) is 29.6 Å². The first-order valence-electron chi connectivity index (χ1n) is 8.51. The number of aromatic nitrogens is 2. The van der Waals surface area contributed by atoms with Crippen molar-refractivity contribution in [2.75, 3.05) is 17.7 Å². The van der Waals surface area contributed by atoms with Crippen molar-refractivity contribution in [1.82, 2.24) is 10.2 Å². The summed E-state index contributed by atoms with van der Waals surface area (Å²) >= 11 is 5.82. The summed E-state index contributed by atoms with van der Waals surface area (Å²) < 4.78 is 42.8. The minimum absolute atomic E-state index is 0.141. The van der Waals surface area contributed by atoms with E-state index in [9.17, 15) is 27.9 Å². The van der Waals surface area contributed by atoms with Gasteiger partial charge in [-0.25, -0.2) is 0 Å². The lowest BCUT2D eigenvalue weighted by Crippen LogP contribution is -2.30. The van der Waals surface area contributed by atoms with E-state index in [-0.39, 0.29) is 22.8 Å². The second-order valence-corrected chi connectivity index (χ2v) is 6.56. The van der Waals surface area contributed by atoms with Crippen LogP contribution in [0.4, 0.5) is 24.5 Å².